The number of nitrogens with zero attached hydrogens (tertiary/aromatic N) is 1. The number of ether oxygens (including phenoxy) is 2. The van der Waals surface area contributed by atoms with Crippen LogP contribution in [0.25, 0.3) is 0 Å². The summed E-state index contributed by atoms with van der Waals surface area (Å²) in [5, 5.41) is 8.35. The monoisotopic (exact) mass is 189 g/mol. The molecule has 0 bridgehead atoms. The summed E-state index contributed by atoms with van der Waals surface area (Å²) in [6.07, 6.45) is 1.37. The van der Waals surface area contributed by atoms with Gasteiger partial charge < -0.3 is 9.47 Å². The molecule has 3 nitrogen and oxygen atoms in total. The third-order valence-corrected chi connectivity index (χ3v) is 2.14. The maximum absolute atomic E-state index is 8.35. The van der Waals surface area contributed by atoms with Gasteiger partial charge in [-0.3, -0.25) is 0 Å². The lowest BCUT2D eigenvalue weighted by atomic mass is 10.2. The Labute approximate surface area is 82.9 Å². The zero-order valence-electron chi connectivity index (χ0n) is 7.82. The van der Waals surface area contributed by atoms with Crippen molar-refractivity contribution in [1.29, 1.82) is 5.26 Å². The first-order valence-corrected chi connectivity index (χ1v) is 4.65. The van der Waals surface area contributed by atoms with Crippen LogP contribution in [0.4, 0.5) is 0 Å². The summed E-state index contributed by atoms with van der Waals surface area (Å²) >= 11 is 0. The van der Waals surface area contributed by atoms with Crippen LogP contribution in [0.1, 0.15) is 12.0 Å². The van der Waals surface area contributed by atoms with Crippen molar-refractivity contribution in [3.8, 4) is 17.6 Å². The molecule has 0 aliphatic carbocycles. The van der Waals surface area contributed by atoms with Gasteiger partial charge in [-0.1, -0.05) is 0 Å². The van der Waals surface area contributed by atoms with E-state index in [1.807, 2.05) is 24.3 Å². The van der Waals surface area contributed by atoms with Gasteiger partial charge in [-0.2, -0.15) is 5.26 Å². The van der Waals surface area contributed by atoms with Crippen LogP contribution in [-0.2, 0) is 6.42 Å². The summed E-state index contributed by atoms with van der Waals surface area (Å²) < 4.78 is 10.8. The van der Waals surface area contributed by atoms with Crippen LogP contribution in [-0.4, -0.2) is 13.2 Å². The van der Waals surface area contributed by atoms with Crippen molar-refractivity contribution in [2.75, 3.05) is 13.2 Å². The minimum atomic E-state index is 0.424. The number of rotatable bonds is 3. The Morgan fingerprint density at radius 2 is 2.43 bits per heavy atom. The lowest BCUT2D eigenvalue weighted by Gasteiger charge is -2.05. The Hall–Kier alpha value is -1.69. The normalized spacial score (nSPS) is 12.8. The van der Waals surface area contributed by atoms with Crippen molar-refractivity contribution < 1.29 is 9.47 Å². The molecular weight excluding hydrogens is 178 g/mol. The van der Waals surface area contributed by atoms with Gasteiger partial charge in [0.05, 0.1) is 19.1 Å². The predicted molar refractivity (Wildman–Crippen MR) is 51.4 cm³/mol. The maximum atomic E-state index is 8.35. The molecule has 1 aromatic carbocycles. The molecule has 2 rings (SSSR count). The molecule has 0 unspecified atom stereocenters. The summed E-state index contributed by atoms with van der Waals surface area (Å²) in [7, 11) is 0. The van der Waals surface area contributed by atoms with Crippen molar-refractivity contribution in [3.05, 3.63) is 23.8 Å². The van der Waals surface area contributed by atoms with E-state index in [2.05, 4.69) is 0 Å². The fourth-order valence-corrected chi connectivity index (χ4v) is 1.47. The van der Waals surface area contributed by atoms with Gasteiger partial charge >= 0.3 is 0 Å². The van der Waals surface area contributed by atoms with Crippen molar-refractivity contribution in [1.82, 2.24) is 0 Å². The van der Waals surface area contributed by atoms with Crippen molar-refractivity contribution in [2.45, 2.75) is 12.8 Å². The van der Waals surface area contributed by atoms with Crippen LogP contribution in [0.3, 0.4) is 0 Å². The Morgan fingerprint density at radius 3 is 3.29 bits per heavy atom. The lowest BCUT2D eigenvalue weighted by Crippen LogP contribution is -1.95. The minimum absolute atomic E-state index is 0.424. The molecule has 0 fully saturated rings. The van der Waals surface area contributed by atoms with Crippen LogP contribution < -0.4 is 9.47 Å². The van der Waals surface area contributed by atoms with E-state index in [0.717, 1.165) is 24.5 Å². The standard InChI is InChI=1S/C11H11NO2/c12-5-1-6-13-10-2-3-11-9(8-10)4-7-14-11/h2-3,8H,1,4,6-7H2. The van der Waals surface area contributed by atoms with Gasteiger partial charge in [-0.05, 0) is 18.2 Å². The molecule has 1 aliphatic rings. The Bertz CT molecular complexity index is 368. The summed E-state index contributed by atoms with van der Waals surface area (Å²) in [4.78, 5) is 0. The molecule has 72 valence electrons. The molecule has 0 saturated heterocycles. The minimum Gasteiger partial charge on any atom is -0.493 e. The fourth-order valence-electron chi connectivity index (χ4n) is 1.47. The highest BCUT2D eigenvalue weighted by atomic mass is 16.5. The first kappa shape index (κ1) is 8.89. The van der Waals surface area contributed by atoms with E-state index in [1.165, 1.54) is 5.56 Å². The van der Waals surface area contributed by atoms with Crippen LogP contribution in [0, 0.1) is 11.3 Å². The molecule has 0 radical (unpaired) electrons. The zero-order valence-corrected chi connectivity index (χ0v) is 7.82. The van der Waals surface area contributed by atoms with E-state index in [1.54, 1.807) is 0 Å². The molecule has 3 heteroatoms. The maximum Gasteiger partial charge on any atom is 0.122 e. The molecule has 0 spiro atoms. The molecule has 0 aromatic heterocycles. The second-order valence-electron chi connectivity index (χ2n) is 3.12. The highest BCUT2D eigenvalue weighted by Gasteiger charge is 2.11. The van der Waals surface area contributed by atoms with E-state index in [0.29, 0.717) is 13.0 Å². The van der Waals surface area contributed by atoms with Crippen LogP contribution in [0.5, 0.6) is 11.5 Å². The molecule has 14 heavy (non-hydrogen) atoms. The number of nitriles is 1. The van der Waals surface area contributed by atoms with E-state index >= 15 is 0 Å². The summed E-state index contributed by atoms with van der Waals surface area (Å²) in [5.41, 5.74) is 1.19. The number of hydrogen-bond donors (Lipinski definition) is 0. The summed E-state index contributed by atoms with van der Waals surface area (Å²) in [5.74, 6) is 1.78. The highest BCUT2D eigenvalue weighted by Crippen LogP contribution is 2.28. The van der Waals surface area contributed by atoms with Gasteiger partial charge in [0.1, 0.15) is 18.1 Å². The fraction of sp³-hybridized carbons (Fsp3) is 0.364. The van der Waals surface area contributed by atoms with Crippen LogP contribution in [0.15, 0.2) is 18.2 Å². The van der Waals surface area contributed by atoms with Crippen LogP contribution in [0.2, 0.25) is 0 Å². The zero-order chi connectivity index (χ0) is 9.80. The molecule has 0 atom stereocenters. The number of fused-ring (bicyclic) bond motifs is 1. The van der Waals surface area contributed by atoms with Gasteiger partial charge in [-0.25, -0.2) is 0 Å². The van der Waals surface area contributed by atoms with Gasteiger partial charge in [-0.15, -0.1) is 0 Å². The third kappa shape index (κ3) is 1.80. The Balaban J connectivity index is 2.02. The molecule has 1 aromatic rings. The molecular formula is C11H11NO2. The van der Waals surface area contributed by atoms with Crippen LogP contribution >= 0.6 is 0 Å². The third-order valence-electron chi connectivity index (χ3n) is 2.14. The highest BCUT2D eigenvalue weighted by molar-refractivity contribution is 5.42. The first-order valence-electron chi connectivity index (χ1n) is 4.65. The van der Waals surface area contributed by atoms with Gasteiger partial charge in [0.15, 0.2) is 0 Å². The Kier molecular flexibility index (Phi) is 2.55. The molecule has 0 amide bonds. The smallest absolute Gasteiger partial charge is 0.122 e. The second kappa shape index (κ2) is 4.01. The molecule has 1 aliphatic heterocycles. The summed E-state index contributed by atoms with van der Waals surface area (Å²) in [6, 6.07) is 7.82. The second-order valence-corrected chi connectivity index (χ2v) is 3.12. The molecule has 0 saturated carbocycles. The van der Waals surface area contributed by atoms with Gasteiger partial charge in [0.25, 0.3) is 0 Å². The van der Waals surface area contributed by atoms with E-state index in [4.69, 9.17) is 14.7 Å². The lowest BCUT2D eigenvalue weighted by molar-refractivity contribution is 0.325. The number of hydrogen-bond acceptors (Lipinski definition) is 3. The van der Waals surface area contributed by atoms with Gasteiger partial charge in [0.2, 0.25) is 0 Å². The van der Waals surface area contributed by atoms with Crippen molar-refractivity contribution >= 4 is 0 Å². The predicted octanol–water partition coefficient (Wildman–Crippen LogP) is 1.91. The molecule has 0 N–H and O–H groups in total. The van der Waals surface area contributed by atoms with E-state index in [-0.39, 0.29) is 0 Å². The van der Waals surface area contributed by atoms with Crippen molar-refractivity contribution in [2.24, 2.45) is 0 Å². The first-order chi connectivity index (χ1) is 6.90. The largest absolute Gasteiger partial charge is 0.493 e. The Morgan fingerprint density at radius 1 is 1.50 bits per heavy atom. The molecule has 1 heterocycles. The summed E-state index contributed by atoms with van der Waals surface area (Å²) in [6.45, 7) is 1.22. The van der Waals surface area contributed by atoms with Gasteiger partial charge in [0, 0.05) is 12.0 Å². The van der Waals surface area contributed by atoms with E-state index < -0.39 is 0 Å². The van der Waals surface area contributed by atoms with E-state index in [9.17, 15) is 0 Å². The number of benzene rings is 1. The topological polar surface area (TPSA) is 42.2 Å². The SMILES string of the molecule is N#CCCOc1ccc2c(c1)CCO2. The average molecular weight is 189 g/mol. The average Bonchev–Trinajstić information content (AvgIpc) is 2.65. The van der Waals surface area contributed by atoms with Crippen molar-refractivity contribution in [3.63, 3.8) is 0 Å². The quantitative estimate of drug-likeness (QED) is 0.682.